The van der Waals surface area contributed by atoms with Gasteiger partial charge in [-0.15, -0.1) is 0 Å². The van der Waals surface area contributed by atoms with Gasteiger partial charge in [-0.3, -0.25) is 14.5 Å². The Labute approximate surface area is 125 Å². The smallest absolute Gasteiger partial charge is 0.229 e. The van der Waals surface area contributed by atoms with E-state index in [2.05, 4.69) is 0 Å². The third-order valence-electron chi connectivity index (χ3n) is 3.78. The van der Waals surface area contributed by atoms with Crippen LogP contribution in [0.2, 0.25) is 0 Å². The van der Waals surface area contributed by atoms with Crippen molar-refractivity contribution in [1.29, 1.82) is 0 Å². The van der Waals surface area contributed by atoms with Crippen LogP contribution in [0.3, 0.4) is 0 Å². The number of likely N-dealkylation sites (tertiary alicyclic amines) is 1. The number of amides is 2. The first kappa shape index (κ1) is 15.5. The fourth-order valence-corrected chi connectivity index (χ4v) is 2.68. The van der Waals surface area contributed by atoms with E-state index in [1.54, 1.807) is 7.11 Å². The van der Waals surface area contributed by atoms with Gasteiger partial charge in [0, 0.05) is 24.9 Å². The minimum atomic E-state index is -0.449. The number of hydrogen-bond donors (Lipinski definition) is 1. The Hall–Kier alpha value is -1.88. The van der Waals surface area contributed by atoms with Crippen LogP contribution in [0.5, 0.6) is 5.75 Å². The molecule has 5 nitrogen and oxygen atoms in total. The highest BCUT2D eigenvalue weighted by Gasteiger charge is 2.38. The molecular weight excluding hydrogens is 268 g/mol. The number of para-hydroxylation sites is 1. The minimum Gasteiger partial charge on any atom is -0.496 e. The number of rotatable bonds is 4. The monoisotopic (exact) mass is 290 g/mol. The molecule has 1 unspecified atom stereocenters. The molecule has 1 aromatic carbocycles. The molecule has 1 saturated heterocycles. The molecule has 0 radical (unpaired) electrons. The Morgan fingerprint density at radius 1 is 1.24 bits per heavy atom. The fraction of sp³-hybridized carbons (Fsp3) is 0.500. The Morgan fingerprint density at radius 2 is 1.81 bits per heavy atom. The van der Waals surface area contributed by atoms with E-state index in [9.17, 15) is 9.59 Å². The van der Waals surface area contributed by atoms with Gasteiger partial charge in [-0.25, -0.2) is 0 Å². The maximum Gasteiger partial charge on any atom is 0.229 e. The van der Waals surface area contributed by atoms with Crippen molar-refractivity contribution < 1.29 is 14.3 Å². The standard InChI is InChI=1S/C16H22N2O3/c1-16(2)8-14(19)18(15(20)9-16)10-12(17)11-6-4-5-7-13(11)21-3/h4-7,12H,8-10,17H2,1-3H3. The molecule has 1 aliphatic heterocycles. The van der Waals surface area contributed by atoms with E-state index in [-0.39, 0.29) is 23.8 Å². The first-order chi connectivity index (χ1) is 9.84. The summed E-state index contributed by atoms with van der Waals surface area (Å²) in [6, 6.07) is 6.94. The number of benzene rings is 1. The molecule has 2 rings (SSSR count). The molecule has 5 heteroatoms. The van der Waals surface area contributed by atoms with Crippen LogP contribution in [0.1, 0.15) is 38.3 Å². The van der Waals surface area contributed by atoms with Crippen molar-refractivity contribution in [2.45, 2.75) is 32.7 Å². The second-order valence-corrected chi connectivity index (χ2v) is 6.26. The number of carbonyl (C=O) groups is 2. The molecule has 1 fully saturated rings. The van der Waals surface area contributed by atoms with Gasteiger partial charge in [-0.1, -0.05) is 32.0 Å². The number of ether oxygens (including phenoxy) is 1. The zero-order chi connectivity index (χ0) is 15.6. The molecule has 0 aliphatic carbocycles. The topological polar surface area (TPSA) is 72.6 Å². The lowest BCUT2D eigenvalue weighted by Gasteiger charge is -2.36. The number of imide groups is 1. The van der Waals surface area contributed by atoms with Crippen LogP contribution in [0, 0.1) is 5.41 Å². The van der Waals surface area contributed by atoms with Gasteiger partial charge in [0.2, 0.25) is 11.8 Å². The van der Waals surface area contributed by atoms with E-state index < -0.39 is 6.04 Å². The number of nitrogens with zero attached hydrogens (tertiary/aromatic N) is 1. The molecule has 1 aromatic rings. The largest absolute Gasteiger partial charge is 0.496 e. The van der Waals surface area contributed by atoms with Gasteiger partial charge in [-0.2, -0.15) is 0 Å². The predicted octanol–water partition coefficient (Wildman–Crippen LogP) is 1.87. The van der Waals surface area contributed by atoms with Gasteiger partial charge in [0.1, 0.15) is 5.75 Å². The molecule has 1 atom stereocenters. The zero-order valence-corrected chi connectivity index (χ0v) is 12.8. The number of carbonyl (C=O) groups excluding carboxylic acids is 2. The molecule has 114 valence electrons. The summed E-state index contributed by atoms with van der Waals surface area (Å²) >= 11 is 0. The second kappa shape index (κ2) is 5.85. The van der Waals surface area contributed by atoms with Crippen molar-refractivity contribution in [3.8, 4) is 5.75 Å². The lowest BCUT2D eigenvalue weighted by Crippen LogP contribution is -2.48. The van der Waals surface area contributed by atoms with Crippen LogP contribution >= 0.6 is 0 Å². The van der Waals surface area contributed by atoms with Gasteiger partial charge in [0.25, 0.3) is 0 Å². The minimum absolute atomic E-state index is 0.151. The number of nitrogens with two attached hydrogens (primary N) is 1. The van der Waals surface area contributed by atoms with Crippen molar-refractivity contribution in [3.05, 3.63) is 29.8 Å². The Morgan fingerprint density at radius 3 is 2.38 bits per heavy atom. The molecule has 1 heterocycles. The Kier molecular flexibility index (Phi) is 4.32. The van der Waals surface area contributed by atoms with Gasteiger partial charge in [-0.05, 0) is 11.5 Å². The Balaban J connectivity index is 2.14. The summed E-state index contributed by atoms with van der Waals surface area (Å²) < 4.78 is 5.27. The molecule has 0 saturated carbocycles. The summed E-state index contributed by atoms with van der Waals surface area (Å²) in [5.41, 5.74) is 6.70. The van der Waals surface area contributed by atoms with Gasteiger partial charge in [0.05, 0.1) is 13.2 Å². The quantitative estimate of drug-likeness (QED) is 0.859. The van der Waals surface area contributed by atoms with Crippen LogP contribution in [0.4, 0.5) is 0 Å². The SMILES string of the molecule is COc1ccccc1C(N)CN1C(=O)CC(C)(C)CC1=O. The molecule has 21 heavy (non-hydrogen) atoms. The highest BCUT2D eigenvalue weighted by molar-refractivity contribution is 5.98. The molecule has 2 N–H and O–H groups in total. The predicted molar refractivity (Wildman–Crippen MR) is 79.7 cm³/mol. The number of methoxy groups -OCH3 is 1. The van der Waals surface area contributed by atoms with Crippen molar-refractivity contribution in [1.82, 2.24) is 4.90 Å². The summed E-state index contributed by atoms with van der Waals surface area (Å²) in [6.07, 6.45) is 0.745. The first-order valence-corrected chi connectivity index (χ1v) is 7.06. The third kappa shape index (κ3) is 3.42. The lowest BCUT2D eigenvalue weighted by atomic mass is 9.81. The van der Waals surface area contributed by atoms with E-state index in [1.807, 2.05) is 38.1 Å². The second-order valence-electron chi connectivity index (χ2n) is 6.26. The molecule has 2 amide bonds. The maximum atomic E-state index is 12.2. The average Bonchev–Trinajstić information content (AvgIpc) is 2.41. The Bertz CT molecular complexity index is 534. The van der Waals surface area contributed by atoms with Crippen molar-refractivity contribution in [3.63, 3.8) is 0 Å². The highest BCUT2D eigenvalue weighted by Crippen LogP contribution is 2.32. The molecule has 0 bridgehead atoms. The van der Waals surface area contributed by atoms with Crippen LogP contribution < -0.4 is 10.5 Å². The molecular formula is C16H22N2O3. The third-order valence-corrected chi connectivity index (χ3v) is 3.78. The van der Waals surface area contributed by atoms with E-state index in [0.29, 0.717) is 18.6 Å². The van der Waals surface area contributed by atoms with E-state index >= 15 is 0 Å². The van der Waals surface area contributed by atoms with E-state index in [4.69, 9.17) is 10.5 Å². The first-order valence-electron chi connectivity index (χ1n) is 7.06. The van der Waals surface area contributed by atoms with Gasteiger partial charge in [0.15, 0.2) is 0 Å². The molecule has 0 spiro atoms. The lowest BCUT2D eigenvalue weighted by molar-refractivity contribution is -0.152. The van der Waals surface area contributed by atoms with Crippen LogP contribution in [-0.4, -0.2) is 30.4 Å². The van der Waals surface area contributed by atoms with E-state index in [1.165, 1.54) is 4.90 Å². The summed E-state index contributed by atoms with van der Waals surface area (Å²) in [5, 5.41) is 0. The van der Waals surface area contributed by atoms with Crippen LogP contribution in [-0.2, 0) is 9.59 Å². The van der Waals surface area contributed by atoms with E-state index in [0.717, 1.165) is 5.56 Å². The average molecular weight is 290 g/mol. The fourth-order valence-electron chi connectivity index (χ4n) is 2.68. The number of piperidine rings is 1. The highest BCUT2D eigenvalue weighted by atomic mass is 16.5. The van der Waals surface area contributed by atoms with Crippen LogP contribution in [0.15, 0.2) is 24.3 Å². The summed E-state index contributed by atoms with van der Waals surface area (Å²) in [6.45, 7) is 4.05. The van der Waals surface area contributed by atoms with Crippen LogP contribution in [0.25, 0.3) is 0 Å². The normalized spacial score (nSPS) is 19.5. The summed E-state index contributed by atoms with van der Waals surface area (Å²) in [7, 11) is 1.57. The summed E-state index contributed by atoms with van der Waals surface area (Å²) in [4.78, 5) is 25.6. The molecule has 1 aliphatic rings. The maximum absolute atomic E-state index is 12.2. The zero-order valence-electron chi connectivity index (χ0n) is 12.8. The van der Waals surface area contributed by atoms with Gasteiger partial charge < -0.3 is 10.5 Å². The van der Waals surface area contributed by atoms with Gasteiger partial charge >= 0.3 is 0 Å². The van der Waals surface area contributed by atoms with Crippen molar-refractivity contribution in [2.75, 3.05) is 13.7 Å². The summed E-state index contributed by atoms with van der Waals surface area (Å²) in [5.74, 6) is 0.366. The molecule has 0 aromatic heterocycles. The number of hydrogen-bond acceptors (Lipinski definition) is 4. The van der Waals surface area contributed by atoms with Crippen molar-refractivity contribution in [2.24, 2.45) is 11.1 Å². The van der Waals surface area contributed by atoms with Crippen molar-refractivity contribution >= 4 is 11.8 Å².